The monoisotopic (exact) mass is 345 g/mol. The molecule has 0 saturated carbocycles. The number of rotatable bonds is 3. The molecule has 5 nitrogen and oxygen atoms in total. The molecule has 19 heavy (non-hydrogen) atoms. The summed E-state index contributed by atoms with van der Waals surface area (Å²) in [5.41, 5.74) is 5.92. The van der Waals surface area contributed by atoms with Crippen LogP contribution >= 0.6 is 15.9 Å². The second-order valence-electron chi connectivity index (χ2n) is 3.66. The van der Waals surface area contributed by atoms with Crippen molar-refractivity contribution in [3.63, 3.8) is 0 Å². The van der Waals surface area contributed by atoms with Crippen LogP contribution in [0.5, 0.6) is 0 Å². The Balaban J connectivity index is 2.35. The zero-order valence-corrected chi connectivity index (χ0v) is 11.9. The zero-order chi connectivity index (χ0) is 14.0. The lowest BCUT2D eigenvalue weighted by molar-refractivity contribution is 0.583. The summed E-state index contributed by atoms with van der Waals surface area (Å²) in [5.74, 6) is -0.689. The number of hydrogen-bond donors (Lipinski definition) is 2. The van der Waals surface area contributed by atoms with E-state index in [2.05, 4.69) is 25.6 Å². The van der Waals surface area contributed by atoms with E-state index < -0.39 is 16.0 Å². The quantitative estimate of drug-likeness (QED) is 0.660. The van der Waals surface area contributed by atoms with Crippen LogP contribution in [0.4, 0.5) is 15.8 Å². The first-order valence-electron chi connectivity index (χ1n) is 5.08. The average Bonchev–Trinajstić information content (AvgIpc) is 2.31. The van der Waals surface area contributed by atoms with Crippen molar-refractivity contribution in [2.75, 3.05) is 10.5 Å². The predicted molar refractivity (Wildman–Crippen MR) is 73.6 cm³/mol. The van der Waals surface area contributed by atoms with Crippen LogP contribution in [0.25, 0.3) is 0 Å². The van der Waals surface area contributed by atoms with Gasteiger partial charge in [0.15, 0.2) is 0 Å². The molecular weight excluding hydrogens is 337 g/mol. The van der Waals surface area contributed by atoms with Crippen molar-refractivity contribution in [2.45, 2.75) is 4.90 Å². The van der Waals surface area contributed by atoms with Gasteiger partial charge in [0, 0.05) is 4.47 Å². The number of sulfonamides is 1. The van der Waals surface area contributed by atoms with E-state index in [-0.39, 0.29) is 16.3 Å². The van der Waals surface area contributed by atoms with Crippen molar-refractivity contribution in [1.29, 1.82) is 0 Å². The van der Waals surface area contributed by atoms with Crippen molar-refractivity contribution in [3.05, 3.63) is 46.9 Å². The van der Waals surface area contributed by atoms with Crippen LogP contribution < -0.4 is 10.5 Å². The highest BCUT2D eigenvalue weighted by Crippen LogP contribution is 2.24. The fraction of sp³-hybridized carbons (Fsp3) is 0. The smallest absolute Gasteiger partial charge is 0.263 e. The number of anilines is 2. The first-order valence-corrected chi connectivity index (χ1v) is 7.35. The summed E-state index contributed by atoms with van der Waals surface area (Å²) in [6.45, 7) is 0. The van der Waals surface area contributed by atoms with Crippen molar-refractivity contribution in [2.24, 2.45) is 0 Å². The Morgan fingerprint density at radius 3 is 2.58 bits per heavy atom. The van der Waals surface area contributed by atoms with Gasteiger partial charge in [0.05, 0.1) is 17.6 Å². The lowest BCUT2D eigenvalue weighted by Gasteiger charge is -2.10. The average molecular weight is 346 g/mol. The standard InChI is InChI=1S/C11H9BrFN3O2S/c12-7-1-3-10(9(14)5-7)19(17,18)16-8-2-4-11(13)15-6-8/h1-6,16H,14H2. The molecule has 0 saturated heterocycles. The molecule has 100 valence electrons. The van der Waals surface area contributed by atoms with Gasteiger partial charge in [0.25, 0.3) is 10.0 Å². The summed E-state index contributed by atoms with van der Waals surface area (Å²) in [4.78, 5) is 3.31. The molecule has 1 aromatic heterocycles. The zero-order valence-electron chi connectivity index (χ0n) is 9.47. The van der Waals surface area contributed by atoms with Crippen LogP contribution in [0.3, 0.4) is 0 Å². The topological polar surface area (TPSA) is 85.1 Å². The molecule has 0 unspecified atom stereocenters. The summed E-state index contributed by atoms with van der Waals surface area (Å²) in [6, 6.07) is 6.75. The van der Waals surface area contributed by atoms with E-state index in [1.54, 1.807) is 6.07 Å². The number of pyridine rings is 1. The molecular formula is C11H9BrFN3O2S. The molecule has 1 heterocycles. The van der Waals surface area contributed by atoms with Gasteiger partial charge in [-0.3, -0.25) is 4.72 Å². The van der Waals surface area contributed by atoms with Gasteiger partial charge in [-0.1, -0.05) is 15.9 Å². The highest BCUT2D eigenvalue weighted by molar-refractivity contribution is 9.10. The van der Waals surface area contributed by atoms with Gasteiger partial charge in [-0.05, 0) is 30.3 Å². The molecule has 0 amide bonds. The maximum absolute atomic E-state index is 12.6. The summed E-state index contributed by atoms with van der Waals surface area (Å²) in [5, 5.41) is 0. The highest BCUT2D eigenvalue weighted by atomic mass is 79.9. The van der Waals surface area contributed by atoms with Gasteiger partial charge in [0.2, 0.25) is 5.95 Å². The number of halogens is 2. The Kier molecular flexibility index (Phi) is 3.72. The van der Waals surface area contributed by atoms with Crippen LogP contribution in [0, 0.1) is 5.95 Å². The number of nitrogens with zero attached hydrogens (tertiary/aromatic N) is 1. The second kappa shape index (κ2) is 5.14. The lowest BCUT2D eigenvalue weighted by atomic mass is 10.3. The molecule has 3 N–H and O–H groups in total. The molecule has 0 bridgehead atoms. The van der Waals surface area contributed by atoms with Crippen LogP contribution in [-0.4, -0.2) is 13.4 Å². The van der Waals surface area contributed by atoms with E-state index in [4.69, 9.17) is 5.73 Å². The van der Waals surface area contributed by atoms with E-state index in [1.165, 1.54) is 18.2 Å². The normalized spacial score (nSPS) is 11.3. The molecule has 0 fully saturated rings. The minimum Gasteiger partial charge on any atom is -0.398 e. The van der Waals surface area contributed by atoms with Crippen LogP contribution in [0.15, 0.2) is 45.9 Å². The van der Waals surface area contributed by atoms with E-state index in [1.807, 2.05) is 0 Å². The molecule has 2 aromatic rings. The third kappa shape index (κ3) is 3.21. The Morgan fingerprint density at radius 1 is 1.26 bits per heavy atom. The van der Waals surface area contributed by atoms with Crippen molar-refractivity contribution in [1.82, 2.24) is 4.98 Å². The van der Waals surface area contributed by atoms with E-state index >= 15 is 0 Å². The molecule has 0 aliphatic carbocycles. The molecule has 8 heteroatoms. The lowest BCUT2D eigenvalue weighted by Crippen LogP contribution is -2.15. The summed E-state index contributed by atoms with van der Waals surface area (Å²) < 4.78 is 39.8. The molecule has 1 aromatic carbocycles. The minimum atomic E-state index is -3.83. The fourth-order valence-electron chi connectivity index (χ4n) is 1.41. The maximum Gasteiger partial charge on any atom is 0.263 e. The number of hydrogen-bond acceptors (Lipinski definition) is 4. The Morgan fingerprint density at radius 2 is 2.00 bits per heavy atom. The minimum absolute atomic E-state index is 0.0555. The fourth-order valence-corrected chi connectivity index (χ4v) is 2.95. The number of nitrogens with one attached hydrogen (secondary N) is 1. The number of nitrogens with two attached hydrogens (primary N) is 1. The van der Waals surface area contributed by atoms with Gasteiger partial charge in [-0.25, -0.2) is 13.4 Å². The predicted octanol–water partition coefficient (Wildman–Crippen LogP) is 2.37. The van der Waals surface area contributed by atoms with E-state index in [0.29, 0.717) is 4.47 Å². The van der Waals surface area contributed by atoms with Gasteiger partial charge in [-0.15, -0.1) is 0 Å². The first kappa shape index (κ1) is 13.8. The largest absolute Gasteiger partial charge is 0.398 e. The number of benzene rings is 1. The Hall–Kier alpha value is -1.67. The highest BCUT2D eigenvalue weighted by Gasteiger charge is 2.17. The molecule has 0 spiro atoms. The molecule has 0 aliphatic rings. The third-order valence-electron chi connectivity index (χ3n) is 2.24. The Bertz CT molecular complexity index is 704. The van der Waals surface area contributed by atoms with Gasteiger partial charge in [-0.2, -0.15) is 4.39 Å². The maximum atomic E-state index is 12.6. The van der Waals surface area contributed by atoms with Gasteiger partial charge in [0.1, 0.15) is 4.90 Å². The summed E-state index contributed by atoms with van der Waals surface area (Å²) in [6.07, 6.45) is 1.09. The molecule has 0 atom stereocenters. The summed E-state index contributed by atoms with van der Waals surface area (Å²) in [7, 11) is -3.83. The van der Waals surface area contributed by atoms with Gasteiger partial charge < -0.3 is 5.73 Å². The van der Waals surface area contributed by atoms with Crippen molar-refractivity contribution in [3.8, 4) is 0 Å². The molecule has 2 rings (SSSR count). The van der Waals surface area contributed by atoms with Crippen LogP contribution in [0.2, 0.25) is 0 Å². The van der Waals surface area contributed by atoms with E-state index in [9.17, 15) is 12.8 Å². The SMILES string of the molecule is Nc1cc(Br)ccc1S(=O)(=O)Nc1ccc(F)nc1. The second-order valence-corrected chi connectivity index (χ2v) is 6.22. The van der Waals surface area contributed by atoms with E-state index in [0.717, 1.165) is 12.3 Å². The van der Waals surface area contributed by atoms with Crippen LogP contribution in [0.1, 0.15) is 0 Å². The molecule has 0 aliphatic heterocycles. The van der Waals surface area contributed by atoms with Crippen LogP contribution in [-0.2, 0) is 10.0 Å². The first-order chi connectivity index (χ1) is 8.88. The number of nitrogen functional groups attached to an aromatic ring is 1. The van der Waals surface area contributed by atoms with Gasteiger partial charge >= 0.3 is 0 Å². The van der Waals surface area contributed by atoms with Crippen molar-refractivity contribution < 1.29 is 12.8 Å². The molecule has 0 radical (unpaired) electrons. The van der Waals surface area contributed by atoms with Crippen molar-refractivity contribution >= 4 is 37.3 Å². The number of aromatic nitrogens is 1. The summed E-state index contributed by atoms with van der Waals surface area (Å²) >= 11 is 3.19. The third-order valence-corrected chi connectivity index (χ3v) is 4.19. The Labute approximate surface area is 117 Å².